The molecule has 2 N–H and O–H groups in total. The molecule has 2 atom stereocenters. The first-order chi connectivity index (χ1) is 10.8. The van der Waals surface area contributed by atoms with Gasteiger partial charge in [-0.3, -0.25) is 9.69 Å². The maximum Gasteiger partial charge on any atom is 0.234 e. The van der Waals surface area contributed by atoms with Crippen LogP contribution in [0.3, 0.4) is 0 Å². The van der Waals surface area contributed by atoms with Gasteiger partial charge in [-0.05, 0) is 31.5 Å². The van der Waals surface area contributed by atoms with Gasteiger partial charge in [0.2, 0.25) is 5.91 Å². The van der Waals surface area contributed by atoms with Gasteiger partial charge in [-0.2, -0.15) is 0 Å². The number of amides is 1. The molecule has 2 aliphatic heterocycles. The minimum absolute atomic E-state index is 0.0391. The Morgan fingerprint density at radius 1 is 1.36 bits per heavy atom. The molecule has 2 heterocycles. The molecule has 1 saturated heterocycles. The highest BCUT2D eigenvalue weighted by atomic mass is 16.6. The fourth-order valence-corrected chi connectivity index (χ4v) is 2.94. The lowest BCUT2D eigenvalue weighted by Crippen LogP contribution is -2.45. The summed E-state index contributed by atoms with van der Waals surface area (Å²) in [5.74, 6) is 1.42. The van der Waals surface area contributed by atoms with Crippen molar-refractivity contribution in [1.29, 1.82) is 0 Å². The average Bonchev–Trinajstić information content (AvgIpc) is 3.00. The average molecular weight is 306 g/mol. The van der Waals surface area contributed by atoms with E-state index in [4.69, 9.17) is 9.47 Å². The second-order valence-electron chi connectivity index (χ2n) is 5.75. The predicted octanol–water partition coefficient (Wildman–Crippen LogP) is 0.399. The first-order valence-corrected chi connectivity index (χ1v) is 7.76. The number of nitrogens with zero attached hydrogens (tertiary/aromatic N) is 1. The molecule has 3 rings (SSSR count). The number of carbonyl (C=O) groups excluding carboxylic acids is 1. The molecule has 0 saturated carbocycles. The highest BCUT2D eigenvalue weighted by molar-refractivity contribution is 5.78. The van der Waals surface area contributed by atoms with Crippen molar-refractivity contribution in [1.82, 2.24) is 10.2 Å². The van der Waals surface area contributed by atoms with Gasteiger partial charge in [0.25, 0.3) is 0 Å². The standard InChI is InChI=1S/C16H22N2O4/c19-10-12-4-3-7-18(12)9-16(20)17-8-13-11-21-14-5-1-2-6-15(14)22-13/h1-2,5-6,12-13,19H,3-4,7-11H2,(H,17,20)/t12-,13+/m1/s1. The molecular weight excluding hydrogens is 284 g/mol. The van der Waals surface area contributed by atoms with E-state index < -0.39 is 0 Å². The van der Waals surface area contributed by atoms with Crippen molar-refractivity contribution in [3.05, 3.63) is 24.3 Å². The first kappa shape index (κ1) is 15.1. The minimum atomic E-state index is -0.175. The Morgan fingerprint density at radius 3 is 3.00 bits per heavy atom. The third kappa shape index (κ3) is 3.51. The summed E-state index contributed by atoms with van der Waals surface area (Å²) in [7, 11) is 0. The van der Waals surface area contributed by atoms with Crippen LogP contribution < -0.4 is 14.8 Å². The Balaban J connectivity index is 1.44. The Bertz CT molecular complexity index is 523. The fourth-order valence-electron chi connectivity index (χ4n) is 2.94. The highest BCUT2D eigenvalue weighted by Gasteiger charge is 2.26. The second-order valence-corrected chi connectivity index (χ2v) is 5.75. The number of rotatable bonds is 5. The molecule has 0 spiro atoms. The number of para-hydroxylation sites is 2. The number of fused-ring (bicyclic) bond motifs is 1. The molecule has 1 aromatic carbocycles. The molecule has 0 aromatic heterocycles. The zero-order chi connectivity index (χ0) is 15.4. The summed E-state index contributed by atoms with van der Waals surface area (Å²) in [5.41, 5.74) is 0. The van der Waals surface area contributed by atoms with Crippen LogP contribution in [-0.2, 0) is 4.79 Å². The molecule has 22 heavy (non-hydrogen) atoms. The Labute approximate surface area is 130 Å². The maximum absolute atomic E-state index is 12.0. The van der Waals surface area contributed by atoms with E-state index in [0.717, 1.165) is 25.1 Å². The Morgan fingerprint density at radius 2 is 2.18 bits per heavy atom. The van der Waals surface area contributed by atoms with Crippen LogP contribution >= 0.6 is 0 Å². The smallest absolute Gasteiger partial charge is 0.234 e. The number of nitrogens with one attached hydrogen (secondary N) is 1. The highest BCUT2D eigenvalue weighted by Crippen LogP contribution is 2.30. The zero-order valence-electron chi connectivity index (χ0n) is 12.5. The van der Waals surface area contributed by atoms with E-state index in [1.54, 1.807) is 0 Å². The van der Waals surface area contributed by atoms with Crippen molar-refractivity contribution < 1.29 is 19.4 Å². The second kappa shape index (κ2) is 6.98. The lowest BCUT2D eigenvalue weighted by Gasteiger charge is -2.27. The molecule has 1 amide bonds. The summed E-state index contributed by atoms with van der Waals surface area (Å²) >= 11 is 0. The van der Waals surface area contributed by atoms with Crippen molar-refractivity contribution in [2.24, 2.45) is 0 Å². The van der Waals surface area contributed by atoms with Crippen LogP contribution in [0.1, 0.15) is 12.8 Å². The van der Waals surface area contributed by atoms with Crippen LogP contribution in [-0.4, -0.2) is 60.9 Å². The minimum Gasteiger partial charge on any atom is -0.486 e. The number of aliphatic hydroxyl groups excluding tert-OH is 1. The third-order valence-corrected chi connectivity index (χ3v) is 4.15. The van der Waals surface area contributed by atoms with Gasteiger partial charge in [-0.25, -0.2) is 0 Å². The summed E-state index contributed by atoms with van der Waals surface area (Å²) in [5, 5.41) is 12.2. The van der Waals surface area contributed by atoms with Crippen molar-refractivity contribution in [2.45, 2.75) is 25.0 Å². The lowest BCUT2D eigenvalue weighted by molar-refractivity contribution is -0.123. The van der Waals surface area contributed by atoms with E-state index in [1.807, 2.05) is 29.2 Å². The summed E-state index contributed by atoms with van der Waals surface area (Å²) in [4.78, 5) is 14.0. The molecule has 1 aromatic rings. The molecule has 1 fully saturated rings. The first-order valence-electron chi connectivity index (χ1n) is 7.76. The van der Waals surface area contributed by atoms with Crippen molar-refractivity contribution in [2.75, 3.05) is 32.8 Å². The number of ether oxygens (including phenoxy) is 2. The van der Waals surface area contributed by atoms with Gasteiger partial charge in [-0.15, -0.1) is 0 Å². The molecule has 120 valence electrons. The van der Waals surface area contributed by atoms with Crippen LogP contribution in [0.15, 0.2) is 24.3 Å². The van der Waals surface area contributed by atoms with Crippen LogP contribution in [0, 0.1) is 0 Å². The third-order valence-electron chi connectivity index (χ3n) is 4.15. The van der Waals surface area contributed by atoms with Gasteiger partial charge in [0.1, 0.15) is 12.7 Å². The van der Waals surface area contributed by atoms with E-state index in [1.165, 1.54) is 0 Å². The van der Waals surface area contributed by atoms with Gasteiger partial charge >= 0.3 is 0 Å². The molecule has 0 bridgehead atoms. The van der Waals surface area contributed by atoms with E-state index in [2.05, 4.69) is 5.32 Å². The summed E-state index contributed by atoms with van der Waals surface area (Å²) in [6.07, 6.45) is 1.82. The Hall–Kier alpha value is -1.79. The monoisotopic (exact) mass is 306 g/mol. The Kier molecular flexibility index (Phi) is 4.80. The molecule has 6 heteroatoms. The van der Waals surface area contributed by atoms with Crippen LogP contribution in [0.2, 0.25) is 0 Å². The van der Waals surface area contributed by atoms with Crippen molar-refractivity contribution in [3.8, 4) is 11.5 Å². The van der Waals surface area contributed by atoms with Crippen LogP contribution in [0.4, 0.5) is 0 Å². The number of hydrogen-bond donors (Lipinski definition) is 2. The van der Waals surface area contributed by atoms with E-state index in [9.17, 15) is 9.90 Å². The van der Waals surface area contributed by atoms with Gasteiger partial charge in [0, 0.05) is 6.04 Å². The van der Waals surface area contributed by atoms with Gasteiger partial charge in [0.15, 0.2) is 11.5 Å². The molecule has 6 nitrogen and oxygen atoms in total. The van der Waals surface area contributed by atoms with Crippen molar-refractivity contribution >= 4 is 5.91 Å². The summed E-state index contributed by atoms with van der Waals surface area (Å²) < 4.78 is 11.4. The number of benzene rings is 1. The maximum atomic E-state index is 12.0. The quantitative estimate of drug-likeness (QED) is 0.824. The number of aliphatic hydroxyl groups is 1. The summed E-state index contributed by atoms with van der Waals surface area (Å²) in [6, 6.07) is 7.64. The van der Waals surface area contributed by atoms with E-state index in [-0.39, 0.29) is 24.7 Å². The molecule has 0 radical (unpaired) electrons. The predicted molar refractivity (Wildman–Crippen MR) is 81.0 cm³/mol. The number of likely N-dealkylation sites (tertiary alicyclic amines) is 1. The number of hydrogen-bond acceptors (Lipinski definition) is 5. The van der Waals surface area contributed by atoms with Gasteiger partial charge in [-0.1, -0.05) is 12.1 Å². The largest absolute Gasteiger partial charge is 0.486 e. The lowest BCUT2D eigenvalue weighted by atomic mass is 10.2. The van der Waals surface area contributed by atoms with E-state index in [0.29, 0.717) is 25.4 Å². The molecular formula is C16H22N2O4. The zero-order valence-corrected chi connectivity index (χ0v) is 12.5. The van der Waals surface area contributed by atoms with Gasteiger partial charge < -0.3 is 19.9 Å². The molecule has 0 unspecified atom stereocenters. The molecule has 2 aliphatic rings. The van der Waals surface area contributed by atoms with E-state index >= 15 is 0 Å². The molecule has 0 aliphatic carbocycles. The summed E-state index contributed by atoms with van der Waals surface area (Å²) in [6.45, 7) is 2.17. The normalized spacial score (nSPS) is 24.2. The van der Waals surface area contributed by atoms with Gasteiger partial charge in [0.05, 0.1) is 19.7 Å². The topological polar surface area (TPSA) is 71.0 Å². The number of carbonyl (C=O) groups is 1. The SMILES string of the molecule is O=C(CN1CCC[C@@H]1CO)NC[C@H]1COc2ccccc2O1. The fraction of sp³-hybridized carbons (Fsp3) is 0.562. The van der Waals surface area contributed by atoms with Crippen LogP contribution in [0.5, 0.6) is 11.5 Å². The van der Waals surface area contributed by atoms with Crippen molar-refractivity contribution in [3.63, 3.8) is 0 Å². The van der Waals surface area contributed by atoms with Crippen LogP contribution in [0.25, 0.3) is 0 Å².